The van der Waals surface area contributed by atoms with Gasteiger partial charge in [0, 0.05) is 36.7 Å². The van der Waals surface area contributed by atoms with Gasteiger partial charge in [-0.25, -0.2) is 4.39 Å². The maximum Gasteiger partial charge on any atom is 0.307 e. The standard InChI is InChI=1S/C15H16FN3O3S/c1-9-8-23-15(22)19(9)6-5-14(21)18-11-3-4-12(16)13(7-11)17-10(2)20/h3-4,7-8H,5-6H2,1-2H3,(H,17,20)(H,18,21). The summed E-state index contributed by atoms with van der Waals surface area (Å²) in [5, 5.41) is 6.70. The molecule has 0 saturated heterocycles. The molecule has 1 aromatic carbocycles. The number of nitrogens with zero attached hydrogens (tertiary/aromatic N) is 1. The average Bonchev–Trinajstić information content (AvgIpc) is 2.79. The summed E-state index contributed by atoms with van der Waals surface area (Å²) in [5.74, 6) is -1.29. The second kappa shape index (κ2) is 7.19. The van der Waals surface area contributed by atoms with Gasteiger partial charge in [0.15, 0.2) is 0 Å². The quantitative estimate of drug-likeness (QED) is 0.879. The molecule has 0 atom stereocenters. The van der Waals surface area contributed by atoms with Crippen LogP contribution in [-0.2, 0) is 16.1 Å². The van der Waals surface area contributed by atoms with E-state index in [0.29, 0.717) is 5.69 Å². The fourth-order valence-corrected chi connectivity index (χ4v) is 2.76. The van der Waals surface area contributed by atoms with Crippen molar-refractivity contribution in [3.63, 3.8) is 0 Å². The van der Waals surface area contributed by atoms with E-state index in [9.17, 15) is 18.8 Å². The van der Waals surface area contributed by atoms with Crippen molar-refractivity contribution >= 4 is 34.5 Å². The van der Waals surface area contributed by atoms with Crippen molar-refractivity contribution in [3.8, 4) is 0 Å². The zero-order chi connectivity index (χ0) is 17.0. The van der Waals surface area contributed by atoms with Crippen molar-refractivity contribution in [2.45, 2.75) is 26.8 Å². The Balaban J connectivity index is 2.00. The van der Waals surface area contributed by atoms with E-state index in [-0.39, 0.29) is 29.4 Å². The average molecular weight is 337 g/mol. The molecule has 0 saturated carbocycles. The van der Waals surface area contributed by atoms with Crippen LogP contribution in [0.4, 0.5) is 15.8 Å². The molecule has 1 heterocycles. The molecule has 0 unspecified atom stereocenters. The zero-order valence-corrected chi connectivity index (χ0v) is 13.5. The molecule has 0 aliphatic heterocycles. The first-order chi connectivity index (χ1) is 10.9. The lowest BCUT2D eigenvalue weighted by Gasteiger charge is -2.09. The largest absolute Gasteiger partial charge is 0.326 e. The number of aryl methyl sites for hydroxylation is 1. The Morgan fingerprint density at radius 1 is 1.30 bits per heavy atom. The van der Waals surface area contributed by atoms with Crippen LogP contribution in [0.1, 0.15) is 19.0 Å². The fraction of sp³-hybridized carbons (Fsp3) is 0.267. The minimum atomic E-state index is -0.585. The predicted octanol–water partition coefficient (Wildman–Crippen LogP) is 2.34. The first-order valence-electron chi connectivity index (χ1n) is 6.88. The molecule has 122 valence electrons. The van der Waals surface area contributed by atoms with Crippen molar-refractivity contribution < 1.29 is 14.0 Å². The Morgan fingerprint density at radius 2 is 2.04 bits per heavy atom. The summed E-state index contributed by atoms with van der Waals surface area (Å²) in [4.78, 5) is 34.4. The number of carbonyl (C=O) groups is 2. The number of hydrogen-bond acceptors (Lipinski definition) is 4. The van der Waals surface area contributed by atoms with Gasteiger partial charge in [-0.1, -0.05) is 11.3 Å². The van der Waals surface area contributed by atoms with Crippen molar-refractivity contribution in [2.75, 3.05) is 10.6 Å². The van der Waals surface area contributed by atoms with Gasteiger partial charge in [-0.15, -0.1) is 0 Å². The van der Waals surface area contributed by atoms with E-state index in [4.69, 9.17) is 0 Å². The van der Waals surface area contributed by atoms with Gasteiger partial charge in [0.25, 0.3) is 0 Å². The highest BCUT2D eigenvalue weighted by Crippen LogP contribution is 2.19. The van der Waals surface area contributed by atoms with Crippen molar-refractivity contribution in [1.29, 1.82) is 0 Å². The van der Waals surface area contributed by atoms with Gasteiger partial charge in [-0.2, -0.15) is 0 Å². The number of thiazole rings is 1. The van der Waals surface area contributed by atoms with E-state index < -0.39 is 11.7 Å². The molecule has 0 aliphatic carbocycles. The van der Waals surface area contributed by atoms with Crippen LogP contribution in [0.25, 0.3) is 0 Å². The highest BCUT2D eigenvalue weighted by molar-refractivity contribution is 7.07. The van der Waals surface area contributed by atoms with Crippen LogP contribution < -0.4 is 15.5 Å². The number of rotatable bonds is 5. The Hall–Kier alpha value is -2.48. The molecule has 2 amide bonds. The predicted molar refractivity (Wildman–Crippen MR) is 87.3 cm³/mol. The SMILES string of the molecule is CC(=O)Nc1cc(NC(=O)CCn2c(C)csc2=O)ccc1F. The molecule has 0 aliphatic rings. The third-order valence-electron chi connectivity index (χ3n) is 3.10. The topological polar surface area (TPSA) is 80.2 Å². The molecule has 0 spiro atoms. The number of halogens is 1. The zero-order valence-electron chi connectivity index (χ0n) is 12.7. The summed E-state index contributed by atoms with van der Waals surface area (Å²) in [6, 6.07) is 3.91. The summed E-state index contributed by atoms with van der Waals surface area (Å²) >= 11 is 1.09. The molecule has 0 bridgehead atoms. The summed E-state index contributed by atoms with van der Waals surface area (Å²) in [5.41, 5.74) is 1.18. The fourth-order valence-electron chi connectivity index (χ4n) is 2.00. The van der Waals surface area contributed by atoms with Crippen molar-refractivity contribution in [3.05, 3.63) is 44.8 Å². The van der Waals surface area contributed by atoms with Gasteiger partial charge in [0.1, 0.15) is 5.82 Å². The van der Waals surface area contributed by atoms with Gasteiger partial charge in [0.05, 0.1) is 5.69 Å². The lowest BCUT2D eigenvalue weighted by Crippen LogP contribution is -2.20. The summed E-state index contributed by atoms with van der Waals surface area (Å²) < 4.78 is 15.1. The monoisotopic (exact) mass is 337 g/mol. The van der Waals surface area contributed by atoms with E-state index in [1.807, 2.05) is 0 Å². The number of anilines is 2. The molecule has 6 nitrogen and oxygen atoms in total. The Kier molecular flexibility index (Phi) is 5.28. The number of nitrogens with one attached hydrogen (secondary N) is 2. The smallest absolute Gasteiger partial charge is 0.307 e. The van der Waals surface area contributed by atoms with Crippen LogP contribution in [-0.4, -0.2) is 16.4 Å². The maximum absolute atomic E-state index is 13.5. The van der Waals surface area contributed by atoms with Gasteiger partial charge in [-0.05, 0) is 25.1 Å². The van der Waals surface area contributed by atoms with E-state index in [1.54, 1.807) is 12.3 Å². The second-order valence-corrected chi connectivity index (χ2v) is 5.79. The number of aromatic nitrogens is 1. The molecule has 0 radical (unpaired) electrons. The molecular formula is C15H16FN3O3S. The van der Waals surface area contributed by atoms with E-state index >= 15 is 0 Å². The summed E-state index contributed by atoms with van der Waals surface area (Å²) in [7, 11) is 0. The van der Waals surface area contributed by atoms with Crippen LogP contribution in [0.3, 0.4) is 0 Å². The summed E-state index contributed by atoms with van der Waals surface area (Å²) in [6.07, 6.45) is 0.115. The number of amides is 2. The van der Waals surface area contributed by atoms with Crippen molar-refractivity contribution in [1.82, 2.24) is 4.57 Å². The first-order valence-corrected chi connectivity index (χ1v) is 7.76. The third kappa shape index (κ3) is 4.49. The molecule has 0 fully saturated rings. The van der Waals surface area contributed by atoms with Crippen LogP contribution in [0, 0.1) is 12.7 Å². The lowest BCUT2D eigenvalue weighted by atomic mass is 10.2. The normalized spacial score (nSPS) is 10.4. The number of benzene rings is 1. The van der Waals surface area contributed by atoms with Gasteiger partial charge >= 0.3 is 4.87 Å². The molecular weight excluding hydrogens is 321 g/mol. The van der Waals surface area contributed by atoms with E-state index in [2.05, 4.69) is 10.6 Å². The van der Waals surface area contributed by atoms with Crippen LogP contribution in [0.15, 0.2) is 28.4 Å². The molecule has 2 N–H and O–H groups in total. The van der Waals surface area contributed by atoms with Crippen molar-refractivity contribution in [2.24, 2.45) is 0 Å². The number of carbonyl (C=O) groups excluding carboxylic acids is 2. The molecule has 8 heteroatoms. The first kappa shape index (κ1) is 16.9. The van der Waals surface area contributed by atoms with Crippen LogP contribution in [0.5, 0.6) is 0 Å². The summed E-state index contributed by atoms with van der Waals surface area (Å²) in [6.45, 7) is 3.35. The number of hydrogen-bond donors (Lipinski definition) is 2. The highest BCUT2D eigenvalue weighted by atomic mass is 32.1. The molecule has 2 rings (SSSR count). The van der Waals surface area contributed by atoms with Crippen LogP contribution >= 0.6 is 11.3 Å². The maximum atomic E-state index is 13.5. The minimum Gasteiger partial charge on any atom is -0.326 e. The molecule has 2 aromatic rings. The lowest BCUT2D eigenvalue weighted by molar-refractivity contribution is -0.116. The Bertz CT molecular complexity index is 798. The Morgan fingerprint density at radius 3 is 2.65 bits per heavy atom. The van der Waals surface area contributed by atoms with E-state index in [0.717, 1.165) is 23.1 Å². The molecule has 23 heavy (non-hydrogen) atoms. The Labute approximate surface area is 135 Å². The second-order valence-electron chi connectivity index (χ2n) is 4.97. The van der Waals surface area contributed by atoms with Crippen LogP contribution in [0.2, 0.25) is 0 Å². The third-order valence-corrected chi connectivity index (χ3v) is 3.98. The van der Waals surface area contributed by atoms with Gasteiger partial charge < -0.3 is 15.2 Å². The van der Waals surface area contributed by atoms with Gasteiger partial charge in [-0.3, -0.25) is 14.4 Å². The molecule has 1 aromatic heterocycles. The van der Waals surface area contributed by atoms with Gasteiger partial charge in [0.2, 0.25) is 11.8 Å². The van der Waals surface area contributed by atoms with E-state index in [1.165, 1.54) is 23.6 Å². The highest BCUT2D eigenvalue weighted by Gasteiger charge is 2.09. The minimum absolute atomic E-state index is 0.000184.